The zero-order chi connectivity index (χ0) is 20.5. The van der Waals surface area contributed by atoms with Crippen LogP contribution in [-0.2, 0) is 4.74 Å². The predicted octanol–water partition coefficient (Wildman–Crippen LogP) is 3.11. The molecule has 4 rings (SSSR count). The standard InChI is InChI=1S/C19H18ClN5O4/c1-10(22-18-21-4-3-16(24-18)25-5-6-29-19(25)27)12-7-11-8-13(20)15(28-2)9-14(11)23-17(12)26/h3-4,7-10H,5-6H2,1-2H3,(H,23,26)(H,21,22,24)/t10-/m0/s1. The molecule has 1 atom stereocenters. The Morgan fingerprint density at radius 1 is 1.34 bits per heavy atom. The molecule has 1 aliphatic rings. The number of nitrogens with one attached hydrogen (secondary N) is 2. The Bertz CT molecular complexity index is 1150. The molecule has 150 valence electrons. The smallest absolute Gasteiger partial charge is 0.415 e. The molecule has 3 heterocycles. The van der Waals surface area contributed by atoms with E-state index in [1.807, 2.05) is 6.92 Å². The third-order valence-corrected chi connectivity index (χ3v) is 4.93. The van der Waals surface area contributed by atoms with Crippen molar-refractivity contribution >= 4 is 40.4 Å². The van der Waals surface area contributed by atoms with Gasteiger partial charge in [-0.1, -0.05) is 11.6 Å². The number of nitrogens with zero attached hydrogens (tertiary/aromatic N) is 3. The summed E-state index contributed by atoms with van der Waals surface area (Å²) in [6, 6.07) is 6.41. The number of aromatic amines is 1. The Kier molecular flexibility index (Phi) is 4.98. The zero-order valence-corrected chi connectivity index (χ0v) is 16.5. The van der Waals surface area contributed by atoms with Gasteiger partial charge >= 0.3 is 6.09 Å². The number of aromatic nitrogens is 3. The summed E-state index contributed by atoms with van der Waals surface area (Å²) in [6.45, 7) is 2.57. The minimum atomic E-state index is -0.444. The molecule has 1 amide bonds. The maximum atomic E-state index is 12.6. The predicted molar refractivity (Wildman–Crippen MR) is 109 cm³/mol. The van der Waals surface area contributed by atoms with Gasteiger partial charge in [0.1, 0.15) is 18.2 Å². The number of methoxy groups -OCH3 is 1. The lowest BCUT2D eigenvalue weighted by Crippen LogP contribution is -2.25. The molecule has 9 nitrogen and oxygen atoms in total. The maximum absolute atomic E-state index is 12.6. The van der Waals surface area contributed by atoms with Crippen LogP contribution >= 0.6 is 11.6 Å². The van der Waals surface area contributed by atoms with Crippen molar-refractivity contribution in [2.75, 3.05) is 30.5 Å². The summed E-state index contributed by atoms with van der Waals surface area (Å²) in [5, 5.41) is 4.32. The molecule has 0 spiro atoms. The Hall–Kier alpha value is -3.33. The second-order valence-electron chi connectivity index (χ2n) is 6.50. The van der Waals surface area contributed by atoms with Gasteiger partial charge in [0.25, 0.3) is 5.56 Å². The van der Waals surface area contributed by atoms with Gasteiger partial charge in [0.05, 0.1) is 30.2 Å². The van der Waals surface area contributed by atoms with E-state index in [1.54, 1.807) is 30.5 Å². The lowest BCUT2D eigenvalue weighted by molar-refractivity contribution is 0.181. The van der Waals surface area contributed by atoms with Crippen LogP contribution in [0.4, 0.5) is 16.6 Å². The largest absolute Gasteiger partial charge is 0.495 e. The Morgan fingerprint density at radius 2 is 2.17 bits per heavy atom. The number of cyclic esters (lactones) is 1. The zero-order valence-electron chi connectivity index (χ0n) is 15.7. The molecular weight excluding hydrogens is 398 g/mol. The minimum absolute atomic E-state index is 0.249. The van der Waals surface area contributed by atoms with Gasteiger partial charge in [-0.05, 0) is 25.1 Å². The monoisotopic (exact) mass is 415 g/mol. The summed E-state index contributed by atoms with van der Waals surface area (Å²) in [5.74, 6) is 1.21. The Morgan fingerprint density at radius 3 is 2.90 bits per heavy atom. The van der Waals surface area contributed by atoms with Gasteiger partial charge in [0, 0.05) is 23.2 Å². The molecule has 29 heavy (non-hydrogen) atoms. The van der Waals surface area contributed by atoms with E-state index in [-0.39, 0.29) is 5.56 Å². The molecule has 2 aromatic heterocycles. The van der Waals surface area contributed by atoms with Gasteiger partial charge in [-0.15, -0.1) is 0 Å². The van der Waals surface area contributed by atoms with E-state index < -0.39 is 12.1 Å². The maximum Gasteiger partial charge on any atom is 0.415 e. The van der Waals surface area contributed by atoms with Crippen molar-refractivity contribution in [1.82, 2.24) is 15.0 Å². The number of anilines is 2. The van der Waals surface area contributed by atoms with Crippen LogP contribution in [0.5, 0.6) is 5.75 Å². The van der Waals surface area contributed by atoms with Gasteiger partial charge in [-0.3, -0.25) is 9.69 Å². The number of ether oxygens (including phenoxy) is 2. The lowest BCUT2D eigenvalue weighted by Gasteiger charge is -2.16. The van der Waals surface area contributed by atoms with Gasteiger partial charge in [0.15, 0.2) is 0 Å². The number of benzene rings is 1. The van der Waals surface area contributed by atoms with Crippen LogP contribution in [0.1, 0.15) is 18.5 Å². The van der Waals surface area contributed by atoms with Crippen molar-refractivity contribution in [1.29, 1.82) is 0 Å². The Labute approximate surface area is 170 Å². The molecule has 3 aromatic rings. The number of carbonyl (C=O) groups is 1. The molecule has 1 aliphatic heterocycles. The number of halogens is 1. The third-order valence-electron chi connectivity index (χ3n) is 4.64. The van der Waals surface area contributed by atoms with Crippen LogP contribution < -0.4 is 20.5 Å². The highest BCUT2D eigenvalue weighted by molar-refractivity contribution is 6.32. The van der Waals surface area contributed by atoms with Gasteiger partial charge in [-0.25, -0.2) is 9.78 Å². The first-order chi connectivity index (χ1) is 14.0. The number of amides is 1. The summed E-state index contributed by atoms with van der Waals surface area (Å²) in [7, 11) is 1.52. The van der Waals surface area contributed by atoms with Crippen LogP contribution in [-0.4, -0.2) is 41.3 Å². The summed E-state index contributed by atoms with van der Waals surface area (Å²) < 4.78 is 10.1. The van der Waals surface area contributed by atoms with E-state index in [1.165, 1.54) is 12.0 Å². The first-order valence-electron chi connectivity index (χ1n) is 8.90. The molecule has 10 heteroatoms. The molecule has 0 aliphatic carbocycles. The summed E-state index contributed by atoms with van der Waals surface area (Å²) in [6.07, 6.45) is 1.10. The van der Waals surface area contributed by atoms with Crippen molar-refractivity contribution in [2.24, 2.45) is 0 Å². The highest BCUT2D eigenvalue weighted by Gasteiger charge is 2.25. The quantitative estimate of drug-likeness (QED) is 0.658. The second-order valence-corrected chi connectivity index (χ2v) is 6.91. The van der Waals surface area contributed by atoms with Crippen LogP contribution in [0.25, 0.3) is 10.9 Å². The third kappa shape index (κ3) is 3.68. The van der Waals surface area contributed by atoms with E-state index in [0.717, 1.165) is 5.39 Å². The average Bonchev–Trinajstić information content (AvgIpc) is 3.13. The van der Waals surface area contributed by atoms with E-state index in [0.29, 0.717) is 46.8 Å². The number of hydrogen-bond donors (Lipinski definition) is 2. The van der Waals surface area contributed by atoms with Crippen molar-refractivity contribution in [3.05, 3.63) is 51.4 Å². The number of fused-ring (bicyclic) bond motifs is 1. The van der Waals surface area contributed by atoms with Crippen LogP contribution in [0.15, 0.2) is 35.3 Å². The number of pyridine rings is 1. The van der Waals surface area contributed by atoms with Crippen molar-refractivity contribution in [3.8, 4) is 5.75 Å². The highest BCUT2D eigenvalue weighted by atomic mass is 35.5. The molecule has 2 N–H and O–H groups in total. The minimum Gasteiger partial charge on any atom is -0.495 e. The second kappa shape index (κ2) is 7.59. The van der Waals surface area contributed by atoms with Gasteiger partial charge < -0.3 is 19.8 Å². The first kappa shape index (κ1) is 19.0. The van der Waals surface area contributed by atoms with Crippen molar-refractivity contribution in [3.63, 3.8) is 0 Å². The highest BCUT2D eigenvalue weighted by Crippen LogP contribution is 2.29. The van der Waals surface area contributed by atoms with Gasteiger partial charge in [-0.2, -0.15) is 4.98 Å². The SMILES string of the molecule is COc1cc2[nH]c(=O)c([C@H](C)Nc3nccc(N4CCOC4=O)n3)cc2cc1Cl. The number of hydrogen-bond acceptors (Lipinski definition) is 7. The molecule has 0 radical (unpaired) electrons. The van der Waals surface area contributed by atoms with Crippen molar-refractivity contribution in [2.45, 2.75) is 13.0 Å². The van der Waals surface area contributed by atoms with Gasteiger partial charge in [0.2, 0.25) is 5.95 Å². The fourth-order valence-corrected chi connectivity index (χ4v) is 3.39. The fraction of sp³-hybridized carbons (Fsp3) is 0.263. The van der Waals surface area contributed by atoms with Crippen LogP contribution in [0, 0.1) is 0 Å². The molecule has 0 saturated carbocycles. The molecule has 0 unspecified atom stereocenters. The first-order valence-corrected chi connectivity index (χ1v) is 9.28. The van der Waals surface area contributed by atoms with E-state index >= 15 is 0 Å². The molecule has 1 aromatic carbocycles. The normalized spacial score (nSPS) is 14.7. The summed E-state index contributed by atoms with van der Waals surface area (Å²) >= 11 is 6.20. The van der Waals surface area contributed by atoms with E-state index in [9.17, 15) is 9.59 Å². The lowest BCUT2D eigenvalue weighted by atomic mass is 10.1. The molecule has 1 saturated heterocycles. The Balaban J connectivity index is 1.62. The van der Waals surface area contributed by atoms with E-state index in [2.05, 4.69) is 20.3 Å². The van der Waals surface area contributed by atoms with Crippen LogP contribution in [0.2, 0.25) is 5.02 Å². The topological polar surface area (TPSA) is 109 Å². The van der Waals surface area contributed by atoms with Crippen molar-refractivity contribution < 1.29 is 14.3 Å². The average molecular weight is 416 g/mol. The number of H-pyrrole nitrogens is 1. The summed E-state index contributed by atoms with van der Waals surface area (Å²) in [4.78, 5) is 37.1. The fourth-order valence-electron chi connectivity index (χ4n) is 3.14. The van der Waals surface area contributed by atoms with E-state index in [4.69, 9.17) is 21.1 Å². The number of rotatable bonds is 5. The summed E-state index contributed by atoms with van der Waals surface area (Å²) in [5.41, 5.74) is 0.868. The van der Waals surface area contributed by atoms with Crippen LogP contribution in [0.3, 0.4) is 0 Å². The molecule has 0 bridgehead atoms. The molecule has 1 fully saturated rings. The number of carbonyl (C=O) groups excluding carboxylic acids is 1. The molecular formula is C19H18ClN5O4.